The number of aromatic nitrogens is 1. The predicted molar refractivity (Wildman–Crippen MR) is 68.6 cm³/mol. The highest BCUT2D eigenvalue weighted by atomic mass is 19.1. The van der Waals surface area contributed by atoms with E-state index in [4.69, 9.17) is 19.7 Å². The van der Waals surface area contributed by atoms with Crippen molar-refractivity contribution in [1.82, 2.24) is 5.16 Å². The molecule has 0 amide bonds. The fourth-order valence-electron chi connectivity index (χ4n) is 1.68. The average molecular weight is 266 g/mol. The van der Waals surface area contributed by atoms with Gasteiger partial charge in [0.2, 0.25) is 0 Å². The van der Waals surface area contributed by atoms with Crippen molar-refractivity contribution in [2.24, 2.45) is 0 Å². The second kappa shape index (κ2) is 5.17. The number of ether oxygens (including phenoxy) is 2. The maximum absolute atomic E-state index is 13.6. The lowest BCUT2D eigenvalue weighted by Crippen LogP contribution is -2.08. The Morgan fingerprint density at radius 2 is 2.05 bits per heavy atom. The minimum absolute atomic E-state index is 0.0987. The minimum atomic E-state index is -0.460. The third kappa shape index (κ3) is 2.78. The van der Waals surface area contributed by atoms with Gasteiger partial charge in [0.1, 0.15) is 5.82 Å². The lowest BCUT2D eigenvalue weighted by atomic mass is 10.1. The summed E-state index contributed by atoms with van der Waals surface area (Å²) in [4.78, 5) is 0. The van der Waals surface area contributed by atoms with Crippen molar-refractivity contribution < 1.29 is 18.4 Å². The van der Waals surface area contributed by atoms with Crippen LogP contribution < -0.4 is 15.2 Å². The Hall–Kier alpha value is -2.24. The molecule has 1 aromatic carbocycles. The molecule has 19 heavy (non-hydrogen) atoms. The van der Waals surface area contributed by atoms with E-state index in [1.54, 1.807) is 0 Å². The molecule has 6 heteroatoms. The molecule has 102 valence electrons. The van der Waals surface area contributed by atoms with Gasteiger partial charge in [-0.1, -0.05) is 5.16 Å². The smallest absolute Gasteiger partial charge is 0.173 e. The van der Waals surface area contributed by atoms with Crippen LogP contribution in [0.25, 0.3) is 11.3 Å². The van der Waals surface area contributed by atoms with Crippen molar-refractivity contribution in [3.8, 4) is 22.8 Å². The summed E-state index contributed by atoms with van der Waals surface area (Å²) in [6.45, 7) is 3.72. The van der Waals surface area contributed by atoms with Crippen molar-refractivity contribution in [2.45, 2.75) is 20.0 Å². The van der Waals surface area contributed by atoms with Gasteiger partial charge in [-0.3, -0.25) is 0 Å². The molecule has 0 bridgehead atoms. The van der Waals surface area contributed by atoms with Gasteiger partial charge in [-0.15, -0.1) is 0 Å². The van der Waals surface area contributed by atoms with Crippen LogP contribution in [-0.2, 0) is 0 Å². The molecule has 1 heterocycles. The maximum Gasteiger partial charge on any atom is 0.173 e. The van der Waals surface area contributed by atoms with Crippen LogP contribution in [0.15, 0.2) is 22.7 Å². The largest absolute Gasteiger partial charge is 0.493 e. The summed E-state index contributed by atoms with van der Waals surface area (Å²) in [7, 11) is 1.44. The van der Waals surface area contributed by atoms with Gasteiger partial charge in [0.25, 0.3) is 0 Å². The molecule has 2 rings (SSSR count). The lowest BCUT2D eigenvalue weighted by molar-refractivity contribution is 0.230. The molecule has 0 aliphatic rings. The Balaban J connectivity index is 2.59. The van der Waals surface area contributed by atoms with Gasteiger partial charge >= 0.3 is 0 Å². The molecule has 0 radical (unpaired) electrons. The van der Waals surface area contributed by atoms with E-state index < -0.39 is 5.82 Å². The highest BCUT2D eigenvalue weighted by Crippen LogP contribution is 2.40. The number of hydrogen-bond acceptors (Lipinski definition) is 5. The standard InChI is InChI=1S/C13H15FN2O3/c1-7(2)18-13-9(10-6-12(15)16-19-10)4-8(14)5-11(13)17-3/h4-7H,1-3H3,(H2,15,16). The Labute approximate surface area is 110 Å². The molecule has 0 atom stereocenters. The van der Waals surface area contributed by atoms with E-state index in [2.05, 4.69) is 5.16 Å². The number of anilines is 1. The second-order valence-corrected chi connectivity index (χ2v) is 4.27. The lowest BCUT2D eigenvalue weighted by Gasteiger charge is -2.16. The summed E-state index contributed by atoms with van der Waals surface area (Å²) in [5, 5.41) is 3.58. The number of hydrogen-bond donors (Lipinski definition) is 1. The van der Waals surface area contributed by atoms with E-state index in [-0.39, 0.29) is 11.9 Å². The van der Waals surface area contributed by atoms with Crippen molar-refractivity contribution in [2.75, 3.05) is 12.8 Å². The van der Waals surface area contributed by atoms with Crippen LogP contribution in [0.5, 0.6) is 11.5 Å². The summed E-state index contributed by atoms with van der Waals surface area (Å²) in [6.07, 6.45) is -0.0987. The van der Waals surface area contributed by atoms with Crippen molar-refractivity contribution in [3.05, 3.63) is 24.0 Å². The number of halogens is 1. The molecule has 0 unspecified atom stereocenters. The van der Waals surface area contributed by atoms with E-state index in [1.165, 1.54) is 25.3 Å². The van der Waals surface area contributed by atoms with Gasteiger partial charge in [-0.2, -0.15) is 0 Å². The third-order valence-corrected chi connectivity index (χ3v) is 2.39. The van der Waals surface area contributed by atoms with E-state index in [0.29, 0.717) is 22.8 Å². The number of nitrogen functional groups attached to an aromatic ring is 1. The fraction of sp³-hybridized carbons (Fsp3) is 0.308. The second-order valence-electron chi connectivity index (χ2n) is 4.27. The summed E-state index contributed by atoms with van der Waals surface area (Å²) in [6, 6.07) is 4.04. The van der Waals surface area contributed by atoms with Gasteiger partial charge in [0, 0.05) is 12.1 Å². The number of nitrogens with two attached hydrogens (primary N) is 1. The summed E-state index contributed by atoms with van der Waals surface area (Å²) >= 11 is 0. The van der Waals surface area contributed by atoms with Crippen LogP contribution in [-0.4, -0.2) is 18.4 Å². The van der Waals surface area contributed by atoms with Crippen molar-refractivity contribution in [1.29, 1.82) is 0 Å². The van der Waals surface area contributed by atoms with E-state index in [0.717, 1.165) is 0 Å². The van der Waals surface area contributed by atoms with Crippen molar-refractivity contribution in [3.63, 3.8) is 0 Å². The minimum Gasteiger partial charge on any atom is -0.493 e. The van der Waals surface area contributed by atoms with Gasteiger partial charge in [-0.05, 0) is 19.9 Å². The highest BCUT2D eigenvalue weighted by molar-refractivity contribution is 5.71. The Morgan fingerprint density at radius 1 is 1.32 bits per heavy atom. The normalized spacial score (nSPS) is 10.8. The zero-order chi connectivity index (χ0) is 14.0. The number of nitrogens with zero attached hydrogens (tertiary/aromatic N) is 1. The molecular weight excluding hydrogens is 251 g/mol. The first-order valence-corrected chi connectivity index (χ1v) is 5.78. The predicted octanol–water partition coefficient (Wildman–Crippen LogP) is 2.86. The maximum atomic E-state index is 13.6. The third-order valence-electron chi connectivity index (χ3n) is 2.39. The Kier molecular flexibility index (Phi) is 3.59. The number of benzene rings is 1. The van der Waals surface area contributed by atoms with Crippen molar-refractivity contribution >= 4 is 5.82 Å². The van der Waals surface area contributed by atoms with Crippen LogP contribution in [0.4, 0.5) is 10.2 Å². The van der Waals surface area contributed by atoms with E-state index >= 15 is 0 Å². The molecule has 0 saturated heterocycles. The summed E-state index contributed by atoms with van der Waals surface area (Å²) in [5.41, 5.74) is 5.92. The molecule has 0 saturated carbocycles. The monoisotopic (exact) mass is 266 g/mol. The Bertz CT molecular complexity index is 581. The first kappa shape index (κ1) is 13.2. The molecule has 0 aliphatic heterocycles. The summed E-state index contributed by atoms with van der Waals surface area (Å²) in [5.74, 6) is 0.770. The van der Waals surface area contributed by atoms with Crippen LogP contribution in [0.1, 0.15) is 13.8 Å². The van der Waals surface area contributed by atoms with Gasteiger partial charge < -0.3 is 19.7 Å². The molecule has 0 fully saturated rings. The average Bonchev–Trinajstić information content (AvgIpc) is 2.77. The zero-order valence-electron chi connectivity index (χ0n) is 10.9. The molecule has 1 aromatic heterocycles. The highest BCUT2D eigenvalue weighted by Gasteiger charge is 2.19. The van der Waals surface area contributed by atoms with Crippen LogP contribution in [0, 0.1) is 5.82 Å². The molecule has 0 aliphatic carbocycles. The first-order valence-electron chi connectivity index (χ1n) is 5.78. The van der Waals surface area contributed by atoms with Crippen LogP contribution in [0.3, 0.4) is 0 Å². The topological polar surface area (TPSA) is 70.5 Å². The zero-order valence-corrected chi connectivity index (χ0v) is 10.9. The number of methoxy groups -OCH3 is 1. The van der Waals surface area contributed by atoms with Crippen LogP contribution >= 0.6 is 0 Å². The van der Waals surface area contributed by atoms with Crippen LogP contribution in [0.2, 0.25) is 0 Å². The van der Waals surface area contributed by atoms with E-state index in [1.807, 2.05) is 13.8 Å². The number of rotatable bonds is 4. The fourth-order valence-corrected chi connectivity index (χ4v) is 1.68. The van der Waals surface area contributed by atoms with Gasteiger partial charge in [0.15, 0.2) is 23.1 Å². The molecule has 2 N–H and O–H groups in total. The quantitative estimate of drug-likeness (QED) is 0.921. The summed E-state index contributed by atoms with van der Waals surface area (Å²) < 4.78 is 29.4. The van der Waals surface area contributed by atoms with Gasteiger partial charge in [-0.25, -0.2) is 4.39 Å². The molecule has 5 nitrogen and oxygen atoms in total. The Morgan fingerprint density at radius 3 is 2.58 bits per heavy atom. The first-order chi connectivity index (χ1) is 9.01. The SMILES string of the molecule is COc1cc(F)cc(-c2cc(N)no2)c1OC(C)C. The molecule has 0 spiro atoms. The molecular formula is C13H15FN2O3. The molecule has 2 aromatic rings. The van der Waals surface area contributed by atoms with Gasteiger partial charge in [0.05, 0.1) is 18.8 Å². The van der Waals surface area contributed by atoms with E-state index in [9.17, 15) is 4.39 Å².